The molecule has 33 heavy (non-hydrogen) atoms. The molecule has 174 valence electrons. The zero-order valence-electron chi connectivity index (χ0n) is 19.5. The van der Waals surface area contributed by atoms with Crippen LogP contribution in [0.3, 0.4) is 0 Å². The number of carbonyl (C=O) groups excluding carboxylic acids is 2. The molecule has 1 aliphatic rings. The van der Waals surface area contributed by atoms with E-state index < -0.39 is 17.9 Å². The molecular weight excluding hydrogens is 486 g/mol. The quantitative estimate of drug-likeness (QED) is 0.450. The maximum absolute atomic E-state index is 13.1. The Morgan fingerprint density at radius 2 is 1.52 bits per heavy atom. The summed E-state index contributed by atoms with van der Waals surface area (Å²) in [6, 6.07) is 11.4. The SMILES string of the molecule is CCOC(=O)C1=CN(c2ccc(C)c(C)c2)C=C(C(=O)OCC)C1c1cc(Br)ccc1OC. The number of carbonyl (C=O) groups is 2. The van der Waals surface area contributed by atoms with Gasteiger partial charge in [0.1, 0.15) is 5.75 Å². The number of methoxy groups -OCH3 is 1. The van der Waals surface area contributed by atoms with Crippen LogP contribution in [0.25, 0.3) is 0 Å². The molecule has 0 radical (unpaired) electrons. The van der Waals surface area contributed by atoms with E-state index >= 15 is 0 Å². The van der Waals surface area contributed by atoms with Crippen molar-refractivity contribution in [3.8, 4) is 5.75 Å². The summed E-state index contributed by atoms with van der Waals surface area (Å²) in [5.74, 6) is -1.19. The molecule has 0 atom stereocenters. The van der Waals surface area contributed by atoms with Crippen molar-refractivity contribution in [3.63, 3.8) is 0 Å². The first-order chi connectivity index (χ1) is 15.8. The fourth-order valence-corrected chi connectivity index (χ4v) is 4.10. The third kappa shape index (κ3) is 5.30. The van der Waals surface area contributed by atoms with Gasteiger partial charge in [-0.1, -0.05) is 22.0 Å². The minimum atomic E-state index is -0.724. The molecule has 7 heteroatoms. The van der Waals surface area contributed by atoms with Crippen molar-refractivity contribution in [2.24, 2.45) is 0 Å². The van der Waals surface area contributed by atoms with Gasteiger partial charge in [0, 0.05) is 28.1 Å². The molecule has 0 aromatic heterocycles. The van der Waals surface area contributed by atoms with Crippen LogP contribution in [0.15, 0.2) is 64.4 Å². The van der Waals surface area contributed by atoms with E-state index in [1.807, 2.05) is 44.2 Å². The summed E-state index contributed by atoms with van der Waals surface area (Å²) >= 11 is 3.49. The zero-order valence-corrected chi connectivity index (χ0v) is 21.1. The summed E-state index contributed by atoms with van der Waals surface area (Å²) in [4.78, 5) is 28.1. The minimum Gasteiger partial charge on any atom is -0.496 e. The van der Waals surface area contributed by atoms with Crippen LogP contribution in [-0.4, -0.2) is 32.3 Å². The molecule has 1 aliphatic heterocycles. The molecule has 0 aliphatic carbocycles. The first-order valence-electron chi connectivity index (χ1n) is 10.8. The Hall–Kier alpha value is -3.06. The standard InChI is InChI=1S/C26H28BrNO5/c1-6-32-25(29)21-14-28(19-10-8-16(3)17(4)12-19)15-22(26(30)33-7-2)24(21)20-13-18(27)9-11-23(20)31-5/h8-15,24H,6-7H2,1-5H3. The normalized spacial score (nSPS) is 13.8. The van der Waals surface area contributed by atoms with Crippen LogP contribution in [0, 0.1) is 13.8 Å². The number of hydrogen-bond donors (Lipinski definition) is 0. The van der Waals surface area contributed by atoms with Crippen molar-refractivity contribution < 1.29 is 23.8 Å². The van der Waals surface area contributed by atoms with E-state index in [0.29, 0.717) is 22.5 Å². The van der Waals surface area contributed by atoms with Gasteiger partial charge < -0.3 is 19.1 Å². The van der Waals surface area contributed by atoms with Gasteiger partial charge in [0.2, 0.25) is 0 Å². The Kier molecular flexibility index (Phi) is 7.97. The topological polar surface area (TPSA) is 65.1 Å². The van der Waals surface area contributed by atoms with Crippen molar-refractivity contribution in [1.82, 2.24) is 0 Å². The van der Waals surface area contributed by atoms with Crippen LogP contribution in [0.5, 0.6) is 5.75 Å². The Morgan fingerprint density at radius 3 is 2.03 bits per heavy atom. The number of halogens is 1. The summed E-state index contributed by atoms with van der Waals surface area (Å²) in [7, 11) is 1.55. The number of hydrogen-bond acceptors (Lipinski definition) is 6. The maximum atomic E-state index is 13.1. The molecule has 0 saturated carbocycles. The van der Waals surface area contributed by atoms with E-state index in [0.717, 1.165) is 21.3 Å². The molecule has 3 rings (SSSR count). The number of aryl methyl sites for hydroxylation is 2. The molecule has 0 unspecified atom stereocenters. The van der Waals surface area contributed by atoms with Gasteiger partial charge in [-0.3, -0.25) is 0 Å². The van der Waals surface area contributed by atoms with Crippen LogP contribution < -0.4 is 9.64 Å². The highest BCUT2D eigenvalue weighted by Gasteiger charge is 2.37. The lowest BCUT2D eigenvalue weighted by Crippen LogP contribution is -2.29. The lowest BCUT2D eigenvalue weighted by Gasteiger charge is -2.31. The number of benzene rings is 2. The summed E-state index contributed by atoms with van der Waals surface area (Å²) < 4.78 is 17.1. The molecule has 1 heterocycles. The Labute approximate surface area is 203 Å². The van der Waals surface area contributed by atoms with Gasteiger partial charge >= 0.3 is 11.9 Å². The molecule has 0 N–H and O–H groups in total. The second kappa shape index (κ2) is 10.7. The molecule has 2 aromatic rings. The van der Waals surface area contributed by atoms with Crippen molar-refractivity contribution >= 4 is 33.6 Å². The van der Waals surface area contributed by atoms with Crippen molar-refractivity contribution in [3.05, 3.63) is 81.1 Å². The third-order valence-electron chi connectivity index (χ3n) is 5.49. The molecule has 0 amide bonds. The maximum Gasteiger partial charge on any atom is 0.336 e. The number of rotatable bonds is 7. The molecule has 0 bridgehead atoms. The Bertz CT molecular complexity index is 1090. The fraction of sp³-hybridized carbons (Fsp3) is 0.308. The van der Waals surface area contributed by atoms with Crippen molar-refractivity contribution in [1.29, 1.82) is 0 Å². The van der Waals surface area contributed by atoms with Crippen LogP contribution in [-0.2, 0) is 19.1 Å². The van der Waals surface area contributed by atoms with Gasteiger partial charge in [0.15, 0.2) is 0 Å². The highest BCUT2D eigenvalue weighted by Crippen LogP contribution is 2.43. The molecule has 0 spiro atoms. The smallest absolute Gasteiger partial charge is 0.336 e. The molecule has 2 aromatic carbocycles. The van der Waals surface area contributed by atoms with Crippen molar-refractivity contribution in [2.45, 2.75) is 33.6 Å². The van der Waals surface area contributed by atoms with E-state index in [9.17, 15) is 9.59 Å². The highest BCUT2D eigenvalue weighted by atomic mass is 79.9. The second-order valence-electron chi connectivity index (χ2n) is 7.60. The van der Waals surface area contributed by atoms with E-state index in [4.69, 9.17) is 14.2 Å². The van der Waals surface area contributed by atoms with E-state index in [1.54, 1.807) is 44.3 Å². The van der Waals surface area contributed by atoms with Gasteiger partial charge in [-0.05, 0) is 69.2 Å². The van der Waals surface area contributed by atoms with Gasteiger partial charge in [0.25, 0.3) is 0 Å². The van der Waals surface area contributed by atoms with Gasteiger partial charge in [0.05, 0.1) is 37.4 Å². The third-order valence-corrected chi connectivity index (χ3v) is 5.99. The van der Waals surface area contributed by atoms with Crippen molar-refractivity contribution in [2.75, 3.05) is 25.2 Å². The lowest BCUT2D eigenvalue weighted by atomic mass is 9.82. The Morgan fingerprint density at radius 1 is 0.909 bits per heavy atom. The van der Waals surface area contributed by atoms with Crippen LogP contribution in [0.4, 0.5) is 5.69 Å². The molecule has 0 saturated heterocycles. The monoisotopic (exact) mass is 513 g/mol. The van der Waals surface area contributed by atoms with Crippen LogP contribution in [0.2, 0.25) is 0 Å². The average molecular weight is 514 g/mol. The average Bonchev–Trinajstić information content (AvgIpc) is 2.80. The van der Waals surface area contributed by atoms with Crippen LogP contribution >= 0.6 is 15.9 Å². The summed E-state index contributed by atoms with van der Waals surface area (Å²) in [6.07, 6.45) is 3.44. The van der Waals surface area contributed by atoms with E-state index in [2.05, 4.69) is 15.9 Å². The first-order valence-corrected chi connectivity index (χ1v) is 11.6. The number of nitrogens with zero attached hydrogens (tertiary/aromatic N) is 1. The molecule has 0 fully saturated rings. The zero-order chi connectivity index (χ0) is 24.1. The van der Waals surface area contributed by atoms with Gasteiger partial charge in [-0.25, -0.2) is 9.59 Å². The van der Waals surface area contributed by atoms with Crippen LogP contribution in [0.1, 0.15) is 36.5 Å². The lowest BCUT2D eigenvalue weighted by molar-refractivity contribution is -0.139. The predicted molar refractivity (Wildman–Crippen MR) is 131 cm³/mol. The fourth-order valence-electron chi connectivity index (χ4n) is 3.72. The number of anilines is 1. The Balaban J connectivity index is 2.25. The second-order valence-corrected chi connectivity index (χ2v) is 8.52. The summed E-state index contributed by atoms with van der Waals surface area (Å²) in [5, 5.41) is 0. The molecule has 6 nitrogen and oxygen atoms in total. The number of esters is 2. The summed E-state index contributed by atoms with van der Waals surface area (Å²) in [5.41, 5.74) is 4.36. The van der Waals surface area contributed by atoms with E-state index in [-0.39, 0.29) is 13.2 Å². The van der Waals surface area contributed by atoms with Gasteiger partial charge in [-0.15, -0.1) is 0 Å². The van der Waals surface area contributed by atoms with E-state index in [1.165, 1.54) is 0 Å². The highest BCUT2D eigenvalue weighted by molar-refractivity contribution is 9.10. The minimum absolute atomic E-state index is 0.209. The predicted octanol–water partition coefficient (Wildman–Crippen LogP) is 5.57. The number of ether oxygens (including phenoxy) is 3. The summed E-state index contributed by atoms with van der Waals surface area (Å²) in [6.45, 7) is 7.97. The van der Waals surface area contributed by atoms with Gasteiger partial charge in [-0.2, -0.15) is 0 Å². The first kappa shape index (κ1) is 24.6. The molecular formula is C26H28BrNO5. The largest absolute Gasteiger partial charge is 0.496 e.